The Morgan fingerprint density at radius 3 is 2.48 bits per heavy atom. The molecule has 3 heteroatoms. The number of hydrogen-bond acceptors (Lipinski definition) is 2. The second-order valence-electron chi connectivity index (χ2n) is 7.25. The number of phenolic OH excluding ortho intramolecular Hbond substituents is 1. The van der Waals surface area contributed by atoms with Crippen LogP contribution in [0.3, 0.4) is 0 Å². The van der Waals surface area contributed by atoms with Crippen LogP contribution in [0.25, 0.3) is 10.9 Å². The minimum absolute atomic E-state index is 0.0418. The van der Waals surface area contributed by atoms with Crippen LogP contribution in [0.5, 0.6) is 5.75 Å². The number of aromatic hydroxyl groups is 1. The van der Waals surface area contributed by atoms with Crippen molar-refractivity contribution in [1.82, 2.24) is 9.47 Å². The Morgan fingerprint density at radius 2 is 1.68 bits per heavy atom. The lowest BCUT2D eigenvalue weighted by molar-refractivity contribution is 0.141. The van der Waals surface area contributed by atoms with E-state index in [0.717, 1.165) is 18.7 Å². The summed E-state index contributed by atoms with van der Waals surface area (Å²) in [7, 11) is 0. The van der Waals surface area contributed by atoms with E-state index in [1.54, 1.807) is 0 Å². The molecule has 1 aromatic heterocycles. The molecule has 2 aromatic carbocycles. The van der Waals surface area contributed by atoms with E-state index in [1.807, 2.05) is 12.1 Å². The number of nitrogens with zero attached hydrogens (tertiary/aromatic N) is 2. The number of benzene rings is 2. The number of para-hydroxylation sites is 1. The number of likely N-dealkylation sites (tertiary alicyclic amines) is 1. The van der Waals surface area contributed by atoms with Crippen molar-refractivity contribution < 1.29 is 5.11 Å². The zero-order valence-corrected chi connectivity index (χ0v) is 15.1. The molecule has 1 aliphatic rings. The maximum atomic E-state index is 10.7. The van der Waals surface area contributed by atoms with Crippen LogP contribution < -0.4 is 0 Å². The number of fused-ring (bicyclic) bond motifs is 1. The Bertz CT molecular complexity index is 890. The Hall–Kier alpha value is -2.26. The topological polar surface area (TPSA) is 28.4 Å². The van der Waals surface area contributed by atoms with Gasteiger partial charge in [0, 0.05) is 29.9 Å². The SMILES string of the molecule is Cc1ccc(O)c(C(N2CCCCC2)n2c(C)cc3ccccc32)c1. The van der Waals surface area contributed by atoms with Crippen LogP contribution in [0.15, 0.2) is 48.5 Å². The minimum atomic E-state index is 0.0418. The second kappa shape index (κ2) is 6.57. The molecule has 3 aromatic rings. The predicted octanol–water partition coefficient (Wildman–Crippen LogP) is 5.00. The van der Waals surface area contributed by atoms with Gasteiger partial charge in [0.25, 0.3) is 0 Å². The number of aromatic nitrogens is 1. The number of phenols is 1. The Morgan fingerprint density at radius 1 is 0.920 bits per heavy atom. The van der Waals surface area contributed by atoms with Crippen molar-refractivity contribution in [2.75, 3.05) is 13.1 Å². The monoisotopic (exact) mass is 334 g/mol. The highest BCUT2D eigenvalue weighted by Crippen LogP contribution is 2.36. The van der Waals surface area contributed by atoms with E-state index in [4.69, 9.17) is 0 Å². The Labute approximate surface area is 149 Å². The average molecular weight is 334 g/mol. The van der Waals surface area contributed by atoms with Gasteiger partial charge >= 0.3 is 0 Å². The fourth-order valence-corrected chi connectivity index (χ4v) is 4.18. The average Bonchev–Trinajstić information content (AvgIpc) is 2.95. The van der Waals surface area contributed by atoms with Crippen molar-refractivity contribution in [1.29, 1.82) is 0 Å². The van der Waals surface area contributed by atoms with Gasteiger partial charge < -0.3 is 9.67 Å². The molecular weight excluding hydrogens is 308 g/mol. The molecule has 130 valence electrons. The second-order valence-corrected chi connectivity index (χ2v) is 7.25. The van der Waals surface area contributed by atoms with Crippen molar-refractivity contribution >= 4 is 10.9 Å². The van der Waals surface area contributed by atoms with Gasteiger partial charge in [0.15, 0.2) is 0 Å². The van der Waals surface area contributed by atoms with Crippen LogP contribution in [0, 0.1) is 13.8 Å². The number of rotatable bonds is 3. The predicted molar refractivity (Wildman–Crippen MR) is 103 cm³/mol. The van der Waals surface area contributed by atoms with Crippen molar-refractivity contribution in [3.05, 3.63) is 65.4 Å². The highest BCUT2D eigenvalue weighted by atomic mass is 16.3. The summed E-state index contributed by atoms with van der Waals surface area (Å²) in [6.45, 7) is 6.41. The van der Waals surface area contributed by atoms with Crippen LogP contribution in [-0.4, -0.2) is 27.7 Å². The summed E-state index contributed by atoms with van der Waals surface area (Å²) in [4.78, 5) is 2.53. The van der Waals surface area contributed by atoms with Crippen molar-refractivity contribution in [2.45, 2.75) is 39.3 Å². The fraction of sp³-hybridized carbons (Fsp3) is 0.364. The molecule has 0 aliphatic carbocycles. The highest BCUT2D eigenvalue weighted by molar-refractivity contribution is 5.81. The molecule has 1 fully saturated rings. The molecule has 1 saturated heterocycles. The van der Waals surface area contributed by atoms with Gasteiger partial charge in [-0.2, -0.15) is 0 Å². The van der Waals surface area contributed by atoms with E-state index < -0.39 is 0 Å². The molecule has 1 unspecified atom stereocenters. The lowest BCUT2D eigenvalue weighted by atomic mass is 10.0. The summed E-state index contributed by atoms with van der Waals surface area (Å²) in [6.07, 6.45) is 3.79. The van der Waals surface area contributed by atoms with Gasteiger partial charge in [0.1, 0.15) is 11.9 Å². The van der Waals surface area contributed by atoms with Crippen molar-refractivity contribution in [2.24, 2.45) is 0 Å². The van der Waals surface area contributed by atoms with E-state index in [9.17, 15) is 5.11 Å². The summed E-state index contributed by atoms with van der Waals surface area (Å²) in [5.74, 6) is 0.387. The smallest absolute Gasteiger partial charge is 0.122 e. The highest BCUT2D eigenvalue weighted by Gasteiger charge is 2.28. The van der Waals surface area contributed by atoms with Gasteiger partial charge in [-0.15, -0.1) is 0 Å². The van der Waals surface area contributed by atoms with Gasteiger partial charge in [-0.25, -0.2) is 0 Å². The molecule has 1 N–H and O–H groups in total. The van der Waals surface area contributed by atoms with E-state index in [-0.39, 0.29) is 6.17 Å². The lowest BCUT2D eigenvalue weighted by Crippen LogP contribution is -2.37. The normalized spacial score (nSPS) is 17.0. The largest absolute Gasteiger partial charge is 0.508 e. The molecule has 1 aliphatic heterocycles. The molecule has 0 amide bonds. The van der Waals surface area contributed by atoms with Crippen LogP contribution >= 0.6 is 0 Å². The quantitative estimate of drug-likeness (QED) is 0.730. The molecule has 0 bridgehead atoms. The first-order chi connectivity index (χ1) is 12.1. The zero-order valence-electron chi connectivity index (χ0n) is 15.1. The summed E-state index contributed by atoms with van der Waals surface area (Å²) < 4.78 is 2.40. The Balaban J connectivity index is 1.93. The summed E-state index contributed by atoms with van der Waals surface area (Å²) in [6, 6.07) is 16.7. The molecule has 0 saturated carbocycles. The van der Waals surface area contributed by atoms with Crippen LogP contribution in [0.2, 0.25) is 0 Å². The third kappa shape index (κ3) is 2.93. The van der Waals surface area contributed by atoms with Gasteiger partial charge in [0.2, 0.25) is 0 Å². The standard InChI is InChI=1S/C22H26N2O/c1-16-10-11-21(25)19(14-16)22(23-12-6-3-7-13-23)24-17(2)15-18-8-4-5-9-20(18)24/h4-5,8-11,14-15,22,25H,3,6-7,12-13H2,1-2H3. The third-order valence-electron chi connectivity index (χ3n) is 5.38. The maximum Gasteiger partial charge on any atom is 0.122 e. The fourth-order valence-electron chi connectivity index (χ4n) is 4.18. The zero-order chi connectivity index (χ0) is 17.4. The number of piperidine rings is 1. The molecule has 4 rings (SSSR count). The summed E-state index contributed by atoms with van der Waals surface area (Å²) in [5.41, 5.74) is 4.66. The molecule has 2 heterocycles. The first kappa shape index (κ1) is 16.2. The minimum Gasteiger partial charge on any atom is -0.508 e. The molecule has 1 atom stereocenters. The van der Waals surface area contributed by atoms with Crippen LogP contribution in [0.4, 0.5) is 0 Å². The molecule has 0 spiro atoms. The molecular formula is C22H26N2O. The van der Waals surface area contributed by atoms with E-state index in [2.05, 4.69) is 59.7 Å². The van der Waals surface area contributed by atoms with E-state index in [0.29, 0.717) is 5.75 Å². The lowest BCUT2D eigenvalue weighted by Gasteiger charge is -2.37. The van der Waals surface area contributed by atoms with E-state index >= 15 is 0 Å². The van der Waals surface area contributed by atoms with Crippen molar-refractivity contribution in [3.8, 4) is 5.75 Å². The Kier molecular flexibility index (Phi) is 4.26. The van der Waals surface area contributed by atoms with Crippen LogP contribution in [-0.2, 0) is 0 Å². The van der Waals surface area contributed by atoms with Crippen molar-refractivity contribution in [3.63, 3.8) is 0 Å². The third-order valence-corrected chi connectivity index (χ3v) is 5.38. The van der Waals surface area contributed by atoms with Crippen LogP contribution in [0.1, 0.15) is 42.2 Å². The molecule has 0 radical (unpaired) electrons. The van der Waals surface area contributed by atoms with Gasteiger partial charge in [-0.3, -0.25) is 4.90 Å². The number of aryl methyl sites for hydroxylation is 2. The first-order valence-corrected chi connectivity index (χ1v) is 9.25. The van der Waals surface area contributed by atoms with Gasteiger partial charge in [-0.1, -0.05) is 36.2 Å². The molecule has 3 nitrogen and oxygen atoms in total. The first-order valence-electron chi connectivity index (χ1n) is 9.25. The van der Waals surface area contributed by atoms with E-state index in [1.165, 1.54) is 41.4 Å². The summed E-state index contributed by atoms with van der Waals surface area (Å²) in [5, 5.41) is 11.9. The van der Waals surface area contributed by atoms with Gasteiger partial charge in [0.05, 0.1) is 0 Å². The maximum absolute atomic E-state index is 10.7. The van der Waals surface area contributed by atoms with Gasteiger partial charge in [-0.05, 0) is 56.3 Å². The number of hydrogen-bond donors (Lipinski definition) is 1. The molecule has 25 heavy (non-hydrogen) atoms. The summed E-state index contributed by atoms with van der Waals surface area (Å²) >= 11 is 0.